The van der Waals surface area contributed by atoms with Crippen LogP contribution in [0.25, 0.3) is 0 Å². The minimum Gasteiger partial charge on any atom is -0.447 e. The largest absolute Gasteiger partial charge is 0.447 e. The van der Waals surface area contributed by atoms with E-state index in [1.54, 1.807) is 18.0 Å². The third-order valence-electron chi connectivity index (χ3n) is 5.06. The second-order valence-electron chi connectivity index (χ2n) is 6.77. The van der Waals surface area contributed by atoms with E-state index in [2.05, 4.69) is 18.8 Å². The van der Waals surface area contributed by atoms with E-state index < -0.39 is 0 Å². The number of cyclic esters (lactones) is 1. The van der Waals surface area contributed by atoms with E-state index in [-0.39, 0.29) is 24.1 Å². The van der Waals surface area contributed by atoms with Crippen molar-refractivity contribution in [1.82, 2.24) is 14.8 Å². The van der Waals surface area contributed by atoms with Gasteiger partial charge in [0.2, 0.25) is 0 Å². The van der Waals surface area contributed by atoms with Crippen molar-refractivity contribution in [3.63, 3.8) is 0 Å². The molecule has 0 N–H and O–H groups in total. The Kier molecular flexibility index (Phi) is 6.40. The molecule has 7 heteroatoms. The summed E-state index contributed by atoms with van der Waals surface area (Å²) in [7, 11) is 0. The Morgan fingerprint density at radius 2 is 2.12 bits per heavy atom. The predicted molar refractivity (Wildman–Crippen MR) is 101 cm³/mol. The summed E-state index contributed by atoms with van der Waals surface area (Å²) in [5.41, 5.74) is 0.691. The van der Waals surface area contributed by atoms with E-state index >= 15 is 0 Å². The van der Waals surface area contributed by atoms with Crippen molar-refractivity contribution < 1.29 is 14.3 Å². The van der Waals surface area contributed by atoms with Crippen molar-refractivity contribution in [3.05, 3.63) is 23.9 Å². The van der Waals surface area contributed by atoms with E-state index in [4.69, 9.17) is 4.74 Å². The number of nitrogens with zero attached hydrogens (tertiary/aromatic N) is 3. The maximum absolute atomic E-state index is 13.0. The Balaban J connectivity index is 1.63. The normalized spacial score (nSPS) is 21.2. The van der Waals surface area contributed by atoms with E-state index in [0.29, 0.717) is 25.3 Å². The van der Waals surface area contributed by atoms with Gasteiger partial charge in [-0.3, -0.25) is 9.69 Å². The molecule has 1 aromatic heterocycles. The topological polar surface area (TPSA) is 62.7 Å². The number of amides is 2. The van der Waals surface area contributed by atoms with Crippen molar-refractivity contribution in [1.29, 1.82) is 0 Å². The number of rotatable bonds is 6. The van der Waals surface area contributed by atoms with Gasteiger partial charge >= 0.3 is 6.09 Å². The molecule has 2 fully saturated rings. The molecule has 1 aromatic rings. The van der Waals surface area contributed by atoms with Crippen LogP contribution >= 0.6 is 11.8 Å². The zero-order valence-electron chi connectivity index (χ0n) is 15.5. The van der Waals surface area contributed by atoms with Crippen molar-refractivity contribution in [2.24, 2.45) is 0 Å². The van der Waals surface area contributed by atoms with Crippen LogP contribution in [-0.4, -0.2) is 64.3 Å². The molecule has 1 atom stereocenters. The lowest BCUT2D eigenvalue weighted by Gasteiger charge is -2.37. The molecule has 0 radical (unpaired) electrons. The molecule has 2 amide bonds. The molecule has 0 aromatic carbocycles. The standard InChI is InChI=1S/C19H27N3O3S/c1-3-12-26-17-16(6-5-9-20-17)18(23)21-10-7-15(8-11-21)22-14(4-2)13-25-19(22)24/h5-6,9,14-15H,3-4,7-8,10-13H2,1-2H3. The Morgan fingerprint density at radius 3 is 2.81 bits per heavy atom. The lowest BCUT2D eigenvalue weighted by molar-refractivity contribution is 0.0631. The molecule has 0 spiro atoms. The number of hydrogen-bond acceptors (Lipinski definition) is 5. The Hall–Kier alpha value is -1.76. The number of carbonyl (C=O) groups is 2. The Labute approximate surface area is 159 Å². The van der Waals surface area contributed by atoms with Gasteiger partial charge in [0.1, 0.15) is 11.6 Å². The maximum Gasteiger partial charge on any atom is 0.410 e. The molecule has 2 aliphatic heterocycles. The first-order chi connectivity index (χ1) is 12.7. The van der Waals surface area contributed by atoms with Gasteiger partial charge in [0.25, 0.3) is 5.91 Å². The van der Waals surface area contributed by atoms with Crippen molar-refractivity contribution >= 4 is 23.8 Å². The molecule has 2 aliphatic rings. The van der Waals surface area contributed by atoms with E-state index in [0.717, 1.165) is 36.5 Å². The van der Waals surface area contributed by atoms with Gasteiger partial charge in [0.15, 0.2) is 0 Å². The number of hydrogen-bond donors (Lipinski definition) is 0. The summed E-state index contributed by atoms with van der Waals surface area (Å²) < 4.78 is 5.21. The fraction of sp³-hybridized carbons (Fsp3) is 0.632. The van der Waals surface area contributed by atoms with Crippen LogP contribution < -0.4 is 0 Å². The van der Waals surface area contributed by atoms with E-state index in [1.165, 1.54) is 0 Å². The quantitative estimate of drug-likeness (QED) is 0.711. The van der Waals surface area contributed by atoms with Crippen LogP contribution in [0.2, 0.25) is 0 Å². The molecule has 3 rings (SSSR count). The Morgan fingerprint density at radius 1 is 1.35 bits per heavy atom. The van der Waals surface area contributed by atoms with Crippen LogP contribution in [0.3, 0.4) is 0 Å². The first kappa shape index (κ1) is 19.0. The van der Waals surface area contributed by atoms with E-state index in [1.807, 2.05) is 21.9 Å². The highest BCUT2D eigenvalue weighted by molar-refractivity contribution is 7.99. The number of ether oxygens (including phenoxy) is 1. The molecule has 1 unspecified atom stereocenters. The average Bonchev–Trinajstić information content (AvgIpc) is 3.06. The summed E-state index contributed by atoms with van der Waals surface area (Å²) in [6.45, 7) is 6.01. The fourth-order valence-corrected chi connectivity index (χ4v) is 4.46. The van der Waals surface area contributed by atoms with Crippen LogP contribution in [0.4, 0.5) is 4.79 Å². The highest BCUT2D eigenvalue weighted by Gasteiger charge is 2.39. The smallest absolute Gasteiger partial charge is 0.410 e. The molecule has 142 valence electrons. The van der Waals surface area contributed by atoms with Crippen LogP contribution in [0, 0.1) is 0 Å². The van der Waals surface area contributed by atoms with Gasteiger partial charge in [-0.1, -0.05) is 13.8 Å². The first-order valence-corrected chi connectivity index (χ1v) is 10.5. The second-order valence-corrected chi connectivity index (χ2v) is 7.86. The number of thioether (sulfide) groups is 1. The summed E-state index contributed by atoms with van der Waals surface area (Å²) in [5.74, 6) is 1.00. The molecule has 6 nitrogen and oxygen atoms in total. The van der Waals surface area contributed by atoms with Crippen LogP contribution in [0.15, 0.2) is 23.4 Å². The summed E-state index contributed by atoms with van der Waals surface area (Å²) in [6, 6.07) is 4.03. The summed E-state index contributed by atoms with van der Waals surface area (Å²) in [6.07, 6.45) is 5.09. The van der Waals surface area contributed by atoms with Gasteiger partial charge in [-0.05, 0) is 43.6 Å². The summed E-state index contributed by atoms with van der Waals surface area (Å²) >= 11 is 1.64. The Bertz CT molecular complexity index is 647. The summed E-state index contributed by atoms with van der Waals surface area (Å²) in [5, 5.41) is 0.815. The fourth-order valence-electron chi connectivity index (χ4n) is 3.62. The van der Waals surface area contributed by atoms with Gasteiger partial charge < -0.3 is 9.64 Å². The third kappa shape index (κ3) is 3.98. The number of likely N-dealkylation sites (tertiary alicyclic amines) is 1. The van der Waals surface area contributed by atoms with Gasteiger partial charge in [-0.25, -0.2) is 9.78 Å². The molecule has 0 saturated carbocycles. The first-order valence-electron chi connectivity index (χ1n) is 9.47. The van der Waals surface area contributed by atoms with Crippen molar-refractivity contribution in [2.45, 2.75) is 56.6 Å². The number of pyridine rings is 1. The van der Waals surface area contributed by atoms with Crippen molar-refractivity contribution in [2.75, 3.05) is 25.4 Å². The van der Waals surface area contributed by atoms with Crippen LogP contribution in [-0.2, 0) is 4.74 Å². The molecule has 0 bridgehead atoms. The average molecular weight is 378 g/mol. The molecule has 0 aliphatic carbocycles. The minimum absolute atomic E-state index is 0.0474. The molecule has 26 heavy (non-hydrogen) atoms. The zero-order valence-corrected chi connectivity index (χ0v) is 16.3. The van der Waals surface area contributed by atoms with Gasteiger partial charge in [-0.2, -0.15) is 0 Å². The lowest BCUT2D eigenvalue weighted by atomic mass is 10.0. The molecule has 2 saturated heterocycles. The van der Waals surface area contributed by atoms with Gasteiger partial charge in [-0.15, -0.1) is 11.8 Å². The third-order valence-corrected chi connectivity index (χ3v) is 6.28. The summed E-state index contributed by atoms with van der Waals surface area (Å²) in [4.78, 5) is 33.2. The molecular weight excluding hydrogens is 350 g/mol. The zero-order chi connectivity index (χ0) is 18.5. The predicted octanol–water partition coefficient (Wildman–Crippen LogP) is 3.42. The maximum atomic E-state index is 13.0. The SMILES string of the molecule is CCCSc1ncccc1C(=O)N1CCC(N2C(=O)OCC2CC)CC1. The molecule has 3 heterocycles. The van der Waals surface area contributed by atoms with Crippen molar-refractivity contribution in [3.8, 4) is 0 Å². The monoisotopic (exact) mass is 377 g/mol. The second kappa shape index (κ2) is 8.75. The van der Waals surface area contributed by atoms with Gasteiger partial charge in [0, 0.05) is 25.3 Å². The minimum atomic E-state index is -0.202. The number of piperidine rings is 1. The number of aromatic nitrogens is 1. The van der Waals surface area contributed by atoms with Gasteiger partial charge in [0.05, 0.1) is 11.6 Å². The highest BCUT2D eigenvalue weighted by Crippen LogP contribution is 2.27. The highest BCUT2D eigenvalue weighted by atomic mass is 32.2. The number of carbonyl (C=O) groups excluding carboxylic acids is 2. The van der Waals surface area contributed by atoms with E-state index in [9.17, 15) is 9.59 Å². The lowest BCUT2D eigenvalue weighted by Crippen LogP contribution is -2.49. The van der Waals surface area contributed by atoms with Crippen LogP contribution in [0.5, 0.6) is 0 Å². The van der Waals surface area contributed by atoms with Crippen LogP contribution in [0.1, 0.15) is 49.9 Å². The molecular formula is C19H27N3O3S.